The van der Waals surface area contributed by atoms with E-state index in [9.17, 15) is 4.79 Å². The number of esters is 1. The number of benzene rings is 1. The van der Waals surface area contributed by atoms with Crippen LogP contribution in [0.25, 0.3) is 0 Å². The largest absolute Gasteiger partial charge is 0.495 e. The average Bonchev–Trinajstić information content (AvgIpc) is 2.46. The highest BCUT2D eigenvalue weighted by molar-refractivity contribution is 6.32. The zero-order valence-corrected chi connectivity index (χ0v) is 12.9. The molecule has 3 N–H and O–H groups in total. The quantitative estimate of drug-likeness (QED) is 0.349. The molecule has 0 radical (unpaired) electrons. The summed E-state index contributed by atoms with van der Waals surface area (Å²) in [5.74, 6) is 0.688. The van der Waals surface area contributed by atoms with E-state index in [1.165, 1.54) is 7.11 Å². The van der Waals surface area contributed by atoms with Gasteiger partial charge in [-0.2, -0.15) is 0 Å². The van der Waals surface area contributed by atoms with Crippen LogP contribution in [0.2, 0.25) is 5.02 Å². The minimum Gasteiger partial charge on any atom is -0.495 e. The number of methoxy groups -OCH3 is 2. The highest BCUT2D eigenvalue weighted by atomic mass is 35.5. The molecule has 21 heavy (non-hydrogen) atoms. The van der Waals surface area contributed by atoms with E-state index in [0.29, 0.717) is 29.7 Å². The number of halogens is 1. The number of nitrogens with two attached hydrogens (primary N) is 1. The molecule has 0 unspecified atom stereocenters. The van der Waals surface area contributed by atoms with E-state index in [4.69, 9.17) is 22.1 Å². The summed E-state index contributed by atoms with van der Waals surface area (Å²) in [5, 5.41) is 3.43. The number of guanidine groups is 1. The van der Waals surface area contributed by atoms with Crippen molar-refractivity contribution in [1.29, 1.82) is 0 Å². The molecule has 1 rings (SSSR count). The number of nitrogens with zero attached hydrogens (tertiary/aromatic N) is 1. The number of hydrogen-bond acceptors (Lipinski definition) is 4. The Labute approximate surface area is 129 Å². The van der Waals surface area contributed by atoms with Crippen LogP contribution in [0.5, 0.6) is 5.75 Å². The van der Waals surface area contributed by atoms with E-state index in [1.54, 1.807) is 25.3 Å². The molecule has 0 heterocycles. The van der Waals surface area contributed by atoms with Crippen LogP contribution < -0.4 is 15.8 Å². The Hall–Kier alpha value is -1.95. The van der Waals surface area contributed by atoms with Crippen LogP contribution in [0.3, 0.4) is 0 Å². The molecular formula is C14H20ClN3O3. The Bertz CT molecular complexity index is 506. The van der Waals surface area contributed by atoms with E-state index in [2.05, 4.69) is 15.0 Å². The Morgan fingerprint density at radius 2 is 2.14 bits per heavy atom. The summed E-state index contributed by atoms with van der Waals surface area (Å²) in [7, 11) is 2.93. The highest BCUT2D eigenvalue weighted by Crippen LogP contribution is 2.26. The van der Waals surface area contributed by atoms with Crippen molar-refractivity contribution in [2.24, 2.45) is 10.7 Å². The first-order valence-corrected chi connectivity index (χ1v) is 6.92. The van der Waals surface area contributed by atoms with Crippen molar-refractivity contribution in [1.82, 2.24) is 0 Å². The number of rotatable bonds is 7. The van der Waals surface area contributed by atoms with E-state index >= 15 is 0 Å². The molecular weight excluding hydrogens is 294 g/mol. The van der Waals surface area contributed by atoms with E-state index in [0.717, 1.165) is 18.5 Å². The van der Waals surface area contributed by atoms with E-state index < -0.39 is 0 Å². The smallest absolute Gasteiger partial charge is 0.305 e. The topological polar surface area (TPSA) is 85.9 Å². The van der Waals surface area contributed by atoms with Crippen LogP contribution in [0.1, 0.15) is 19.3 Å². The predicted molar refractivity (Wildman–Crippen MR) is 84.0 cm³/mol. The number of unbranched alkanes of at least 4 members (excludes halogenated alkanes) is 1. The summed E-state index contributed by atoms with van der Waals surface area (Å²) in [6, 6.07) is 5.25. The maximum atomic E-state index is 10.9. The van der Waals surface area contributed by atoms with Crippen molar-refractivity contribution in [2.75, 3.05) is 26.1 Å². The molecule has 7 heteroatoms. The van der Waals surface area contributed by atoms with Gasteiger partial charge in [0.1, 0.15) is 5.75 Å². The van der Waals surface area contributed by atoms with Crippen LogP contribution in [0.15, 0.2) is 23.2 Å². The molecule has 0 aliphatic carbocycles. The minimum absolute atomic E-state index is 0.210. The van der Waals surface area contributed by atoms with Crippen molar-refractivity contribution in [3.63, 3.8) is 0 Å². The van der Waals surface area contributed by atoms with E-state index in [-0.39, 0.29) is 5.97 Å². The van der Waals surface area contributed by atoms with Gasteiger partial charge in [-0.05, 0) is 31.0 Å². The molecule has 0 fully saturated rings. The highest BCUT2D eigenvalue weighted by Gasteiger charge is 2.03. The molecule has 1 aromatic carbocycles. The number of carbonyl (C=O) groups excluding carboxylic acids is 1. The van der Waals surface area contributed by atoms with Crippen LogP contribution in [0, 0.1) is 0 Å². The fourth-order valence-corrected chi connectivity index (χ4v) is 1.87. The van der Waals surface area contributed by atoms with Crippen molar-refractivity contribution in [3.05, 3.63) is 23.2 Å². The number of aliphatic imine (C=N–C) groups is 1. The summed E-state index contributed by atoms with van der Waals surface area (Å²) in [6.45, 7) is 0.541. The SMILES string of the molecule is COC(=O)CCCCN=C(N)Nc1ccc(OC)c(Cl)c1. The van der Waals surface area contributed by atoms with Gasteiger partial charge in [0.25, 0.3) is 0 Å². The molecule has 0 atom stereocenters. The normalized spacial score (nSPS) is 11.1. The van der Waals surface area contributed by atoms with Crippen LogP contribution in [-0.2, 0) is 9.53 Å². The molecule has 0 amide bonds. The lowest BCUT2D eigenvalue weighted by molar-refractivity contribution is -0.140. The maximum Gasteiger partial charge on any atom is 0.305 e. The molecule has 6 nitrogen and oxygen atoms in total. The second kappa shape index (κ2) is 9.07. The monoisotopic (exact) mass is 313 g/mol. The Morgan fingerprint density at radius 1 is 1.38 bits per heavy atom. The fraction of sp³-hybridized carbons (Fsp3) is 0.429. The number of anilines is 1. The first-order valence-electron chi connectivity index (χ1n) is 6.54. The molecule has 0 saturated heterocycles. The molecule has 0 aliphatic heterocycles. The summed E-state index contributed by atoms with van der Waals surface area (Å²) >= 11 is 6.01. The van der Waals surface area contributed by atoms with Gasteiger partial charge in [-0.15, -0.1) is 0 Å². The Kier molecular flexibility index (Phi) is 7.39. The zero-order chi connectivity index (χ0) is 15.7. The lowest BCUT2D eigenvalue weighted by Crippen LogP contribution is -2.22. The van der Waals surface area contributed by atoms with Gasteiger partial charge in [0.15, 0.2) is 5.96 Å². The van der Waals surface area contributed by atoms with Crippen molar-refractivity contribution in [3.8, 4) is 5.75 Å². The molecule has 1 aromatic rings. The summed E-state index contributed by atoms with van der Waals surface area (Å²) in [6.07, 6.45) is 1.88. The van der Waals surface area contributed by atoms with Crippen molar-refractivity contribution in [2.45, 2.75) is 19.3 Å². The predicted octanol–water partition coefficient (Wildman–Crippen LogP) is 2.42. The lowest BCUT2D eigenvalue weighted by atomic mass is 10.2. The molecule has 0 spiro atoms. The van der Waals surface area contributed by atoms with E-state index in [1.807, 2.05) is 0 Å². The third-order valence-electron chi connectivity index (χ3n) is 2.72. The second-order valence-electron chi connectivity index (χ2n) is 4.27. The molecule has 0 saturated carbocycles. The summed E-state index contributed by atoms with van der Waals surface area (Å²) in [5.41, 5.74) is 6.50. The number of carbonyl (C=O) groups is 1. The molecule has 0 bridgehead atoms. The zero-order valence-electron chi connectivity index (χ0n) is 12.2. The van der Waals surface area contributed by atoms with Gasteiger partial charge in [0, 0.05) is 18.7 Å². The van der Waals surface area contributed by atoms with Gasteiger partial charge in [0.2, 0.25) is 0 Å². The van der Waals surface area contributed by atoms with Gasteiger partial charge in [-0.1, -0.05) is 11.6 Å². The van der Waals surface area contributed by atoms with Gasteiger partial charge in [0.05, 0.1) is 19.2 Å². The Morgan fingerprint density at radius 3 is 2.76 bits per heavy atom. The third kappa shape index (κ3) is 6.35. The number of hydrogen-bond donors (Lipinski definition) is 2. The van der Waals surface area contributed by atoms with Crippen LogP contribution >= 0.6 is 11.6 Å². The summed E-state index contributed by atoms with van der Waals surface area (Å²) in [4.78, 5) is 15.1. The number of nitrogens with one attached hydrogen (secondary N) is 1. The van der Waals surface area contributed by atoms with Gasteiger partial charge in [-0.3, -0.25) is 9.79 Å². The molecule has 0 aliphatic rings. The summed E-state index contributed by atoms with van der Waals surface area (Å²) < 4.78 is 9.62. The third-order valence-corrected chi connectivity index (χ3v) is 3.02. The maximum absolute atomic E-state index is 10.9. The van der Waals surface area contributed by atoms with Crippen LogP contribution in [0.4, 0.5) is 5.69 Å². The van der Waals surface area contributed by atoms with Gasteiger partial charge < -0.3 is 20.5 Å². The van der Waals surface area contributed by atoms with Crippen molar-refractivity contribution < 1.29 is 14.3 Å². The minimum atomic E-state index is -0.210. The fourth-order valence-electron chi connectivity index (χ4n) is 1.61. The number of ether oxygens (including phenoxy) is 2. The van der Waals surface area contributed by atoms with Crippen molar-refractivity contribution >= 4 is 29.2 Å². The molecule has 116 valence electrons. The first kappa shape index (κ1) is 17.1. The van der Waals surface area contributed by atoms with Gasteiger partial charge in [-0.25, -0.2) is 0 Å². The molecule has 0 aromatic heterocycles. The van der Waals surface area contributed by atoms with Gasteiger partial charge >= 0.3 is 5.97 Å². The van der Waals surface area contributed by atoms with Crippen LogP contribution in [-0.4, -0.2) is 32.7 Å². The first-order chi connectivity index (χ1) is 10.1. The Balaban J connectivity index is 2.38. The second-order valence-corrected chi connectivity index (χ2v) is 4.68. The average molecular weight is 314 g/mol. The lowest BCUT2D eigenvalue weighted by Gasteiger charge is -2.08. The standard InChI is InChI=1S/C14H20ClN3O3/c1-20-12-7-6-10(9-11(12)15)18-14(16)17-8-4-3-5-13(19)21-2/h6-7,9H,3-5,8H2,1-2H3,(H3,16,17,18).